The lowest BCUT2D eigenvalue weighted by atomic mass is 9.94. The molecule has 1 unspecified atom stereocenters. The number of hydrogen-bond acceptors (Lipinski definition) is 4. The Bertz CT molecular complexity index is 522. The van der Waals surface area contributed by atoms with Gasteiger partial charge in [0.15, 0.2) is 0 Å². The molecule has 1 fully saturated rings. The van der Waals surface area contributed by atoms with Gasteiger partial charge in [0.05, 0.1) is 12.0 Å². The lowest BCUT2D eigenvalue weighted by Crippen LogP contribution is -2.34. The van der Waals surface area contributed by atoms with Crippen LogP contribution in [-0.2, 0) is 13.6 Å². The zero-order valence-electron chi connectivity index (χ0n) is 11.2. The molecule has 2 aromatic rings. The number of aromatic nitrogens is 4. The molecule has 0 N–H and O–H groups in total. The molecule has 3 rings (SSSR count). The second kappa shape index (κ2) is 5.48. The number of aryl methyl sites for hydroxylation is 1. The van der Waals surface area contributed by atoms with E-state index in [9.17, 15) is 0 Å². The molecule has 3 heterocycles. The topological polar surface area (TPSA) is 46.8 Å². The summed E-state index contributed by atoms with van der Waals surface area (Å²) in [5.74, 6) is 0.532. The lowest BCUT2D eigenvalue weighted by Gasteiger charge is -2.32. The normalized spacial score (nSPS) is 20.6. The average molecular weight is 257 g/mol. The van der Waals surface area contributed by atoms with Gasteiger partial charge in [-0.1, -0.05) is 0 Å². The summed E-state index contributed by atoms with van der Waals surface area (Å²) in [5.41, 5.74) is 2.44. The summed E-state index contributed by atoms with van der Waals surface area (Å²) in [4.78, 5) is 15.1. The largest absolute Gasteiger partial charge is 0.337 e. The molecule has 0 radical (unpaired) electrons. The van der Waals surface area contributed by atoms with E-state index in [0.717, 1.165) is 19.6 Å². The van der Waals surface area contributed by atoms with Gasteiger partial charge in [0, 0.05) is 44.1 Å². The Morgan fingerprint density at radius 3 is 3.05 bits per heavy atom. The molecule has 5 nitrogen and oxygen atoms in total. The van der Waals surface area contributed by atoms with Gasteiger partial charge in [-0.05, 0) is 25.5 Å². The highest BCUT2D eigenvalue weighted by Gasteiger charge is 2.22. The molecule has 0 aromatic carbocycles. The Hall–Kier alpha value is -1.75. The molecule has 0 aliphatic carbocycles. The smallest absolute Gasteiger partial charge is 0.115 e. The molecule has 1 aliphatic heterocycles. The third kappa shape index (κ3) is 2.81. The van der Waals surface area contributed by atoms with E-state index in [1.807, 2.05) is 31.8 Å². The zero-order valence-corrected chi connectivity index (χ0v) is 11.2. The Balaban J connectivity index is 1.67. The van der Waals surface area contributed by atoms with Crippen molar-refractivity contribution >= 4 is 0 Å². The molecule has 1 aliphatic rings. The van der Waals surface area contributed by atoms with Gasteiger partial charge in [0.1, 0.15) is 6.33 Å². The van der Waals surface area contributed by atoms with Crippen LogP contribution in [0, 0.1) is 0 Å². The Morgan fingerprint density at radius 1 is 1.37 bits per heavy atom. The molecule has 0 bridgehead atoms. The molecule has 0 amide bonds. The summed E-state index contributed by atoms with van der Waals surface area (Å²) >= 11 is 0. The van der Waals surface area contributed by atoms with Gasteiger partial charge < -0.3 is 4.57 Å². The van der Waals surface area contributed by atoms with E-state index in [0.29, 0.717) is 5.92 Å². The first-order chi connectivity index (χ1) is 9.33. The predicted molar refractivity (Wildman–Crippen MR) is 72.5 cm³/mol. The van der Waals surface area contributed by atoms with Crippen molar-refractivity contribution in [1.82, 2.24) is 24.4 Å². The van der Waals surface area contributed by atoms with E-state index in [1.54, 1.807) is 6.33 Å². The summed E-state index contributed by atoms with van der Waals surface area (Å²) in [7, 11) is 2.05. The number of nitrogens with zero attached hydrogens (tertiary/aromatic N) is 5. The van der Waals surface area contributed by atoms with Gasteiger partial charge in [0.25, 0.3) is 0 Å². The second-order valence-electron chi connectivity index (χ2n) is 5.20. The maximum atomic E-state index is 4.40. The summed E-state index contributed by atoms with van der Waals surface area (Å²) in [6.45, 7) is 3.20. The summed E-state index contributed by atoms with van der Waals surface area (Å²) < 4.78 is 2.09. The van der Waals surface area contributed by atoms with Gasteiger partial charge >= 0.3 is 0 Å². The number of hydrogen-bond donors (Lipinski definition) is 0. The fourth-order valence-electron chi connectivity index (χ4n) is 2.75. The molecule has 1 atom stereocenters. The van der Waals surface area contributed by atoms with Gasteiger partial charge in [-0.15, -0.1) is 0 Å². The summed E-state index contributed by atoms with van der Waals surface area (Å²) in [6, 6.07) is 2.04. The Kier molecular flexibility index (Phi) is 3.55. The van der Waals surface area contributed by atoms with Crippen LogP contribution < -0.4 is 0 Å². The van der Waals surface area contributed by atoms with Crippen molar-refractivity contribution in [3.05, 3.63) is 42.5 Å². The van der Waals surface area contributed by atoms with E-state index < -0.39 is 0 Å². The highest BCUT2D eigenvalue weighted by atomic mass is 15.2. The molecule has 0 saturated carbocycles. The maximum absolute atomic E-state index is 4.40. The van der Waals surface area contributed by atoms with E-state index in [-0.39, 0.29) is 0 Å². The minimum absolute atomic E-state index is 0.532. The van der Waals surface area contributed by atoms with E-state index in [4.69, 9.17) is 0 Å². The molecular weight excluding hydrogens is 238 g/mol. The predicted octanol–water partition coefficient (Wildman–Crippen LogP) is 1.59. The molecule has 0 spiro atoms. The molecule has 2 aromatic heterocycles. The van der Waals surface area contributed by atoms with Crippen molar-refractivity contribution in [3.8, 4) is 0 Å². The quantitative estimate of drug-likeness (QED) is 0.837. The minimum atomic E-state index is 0.532. The third-order valence-electron chi connectivity index (χ3n) is 3.83. The minimum Gasteiger partial charge on any atom is -0.337 e. The fourth-order valence-corrected chi connectivity index (χ4v) is 2.75. The van der Waals surface area contributed by atoms with Crippen LogP contribution in [-0.4, -0.2) is 37.5 Å². The Morgan fingerprint density at radius 2 is 2.32 bits per heavy atom. The summed E-state index contributed by atoms with van der Waals surface area (Å²) in [5, 5.41) is 0. The van der Waals surface area contributed by atoms with Crippen LogP contribution in [0.15, 0.2) is 31.1 Å². The zero-order chi connectivity index (χ0) is 13.1. The number of rotatable bonds is 3. The van der Waals surface area contributed by atoms with Crippen LogP contribution in [0.5, 0.6) is 0 Å². The van der Waals surface area contributed by atoms with Crippen molar-refractivity contribution in [2.75, 3.05) is 13.1 Å². The first-order valence-corrected chi connectivity index (χ1v) is 6.76. The van der Waals surface area contributed by atoms with Crippen molar-refractivity contribution in [2.24, 2.45) is 7.05 Å². The molecule has 100 valence electrons. The average Bonchev–Trinajstić information content (AvgIpc) is 2.86. The van der Waals surface area contributed by atoms with Crippen molar-refractivity contribution in [2.45, 2.75) is 25.3 Å². The van der Waals surface area contributed by atoms with Crippen LogP contribution in [0.1, 0.15) is 30.1 Å². The first kappa shape index (κ1) is 12.3. The van der Waals surface area contributed by atoms with Crippen molar-refractivity contribution in [1.29, 1.82) is 0 Å². The second-order valence-corrected chi connectivity index (χ2v) is 5.20. The van der Waals surface area contributed by atoms with Crippen molar-refractivity contribution < 1.29 is 0 Å². The molecular formula is C14H19N5. The van der Waals surface area contributed by atoms with Gasteiger partial charge in [-0.2, -0.15) is 0 Å². The molecule has 19 heavy (non-hydrogen) atoms. The van der Waals surface area contributed by atoms with Crippen LogP contribution in [0.2, 0.25) is 0 Å². The Labute approximate surface area is 113 Å². The van der Waals surface area contributed by atoms with Gasteiger partial charge in [0.2, 0.25) is 0 Å². The number of piperidine rings is 1. The lowest BCUT2D eigenvalue weighted by molar-refractivity contribution is 0.195. The van der Waals surface area contributed by atoms with Crippen molar-refractivity contribution in [3.63, 3.8) is 0 Å². The molecule has 1 saturated heterocycles. The highest BCUT2D eigenvalue weighted by molar-refractivity contribution is 5.08. The monoisotopic (exact) mass is 257 g/mol. The standard InChI is InChI=1S/C14H19N5/c1-18-11-16-7-13(18)9-19-6-2-3-12(8-19)14-4-5-15-10-17-14/h4-5,7,10-12H,2-3,6,8-9H2,1H3. The third-order valence-corrected chi connectivity index (χ3v) is 3.83. The van der Waals surface area contributed by atoms with E-state index >= 15 is 0 Å². The fraction of sp³-hybridized carbons (Fsp3) is 0.500. The van der Waals surface area contributed by atoms with Crippen LogP contribution >= 0.6 is 0 Å². The number of likely N-dealkylation sites (tertiary alicyclic amines) is 1. The molecule has 5 heteroatoms. The number of imidazole rings is 1. The SMILES string of the molecule is Cn1cncc1CN1CCCC(c2ccncn2)C1. The van der Waals surface area contributed by atoms with Crippen LogP contribution in [0.25, 0.3) is 0 Å². The van der Waals surface area contributed by atoms with E-state index in [1.165, 1.54) is 24.2 Å². The van der Waals surface area contributed by atoms with Gasteiger partial charge in [-0.3, -0.25) is 4.90 Å². The van der Waals surface area contributed by atoms with Crippen LogP contribution in [0.3, 0.4) is 0 Å². The summed E-state index contributed by atoms with van der Waals surface area (Å²) in [6.07, 6.45) is 9.75. The van der Waals surface area contributed by atoms with Crippen LogP contribution in [0.4, 0.5) is 0 Å². The first-order valence-electron chi connectivity index (χ1n) is 6.76. The highest BCUT2D eigenvalue weighted by Crippen LogP contribution is 2.25. The van der Waals surface area contributed by atoms with E-state index in [2.05, 4.69) is 24.4 Å². The maximum Gasteiger partial charge on any atom is 0.115 e. The van der Waals surface area contributed by atoms with Gasteiger partial charge in [-0.25, -0.2) is 15.0 Å².